The van der Waals surface area contributed by atoms with Gasteiger partial charge in [0.25, 0.3) is 0 Å². The molecule has 3 rings (SSSR count). The van der Waals surface area contributed by atoms with Gasteiger partial charge in [0, 0.05) is 24.6 Å². The molecule has 1 aliphatic heterocycles. The number of rotatable bonds is 3. The Morgan fingerprint density at radius 1 is 1.39 bits per heavy atom. The van der Waals surface area contributed by atoms with E-state index in [1.165, 1.54) is 0 Å². The molecule has 96 valence electrons. The number of piperidine rings is 1. The Kier molecular flexibility index (Phi) is 2.40. The zero-order valence-corrected chi connectivity index (χ0v) is 11.1. The minimum Gasteiger partial charge on any atom is -0.496 e. The van der Waals surface area contributed by atoms with E-state index >= 15 is 0 Å². The zero-order valence-electron chi connectivity index (χ0n) is 11.1. The van der Waals surface area contributed by atoms with Gasteiger partial charge in [0.1, 0.15) is 5.75 Å². The van der Waals surface area contributed by atoms with Gasteiger partial charge in [-0.1, -0.05) is 32.0 Å². The summed E-state index contributed by atoms with van der Waals surface area (Å²) in [5.74, 6) is 1.99. The van der Waals surface area contributed by atoms with Crippen molar-refractivity contribution in [3.05, 3.63) is 29.8 Å². The van der Waals surface area contributed by atoms with Crippen LogP contribution in [0.5, 0.6) is 5.75 Å². The summed E-state index contributed by atoms with van der Waals surface area (Å²) >= 11 is 0. The van der Waals surface area contributed by atoms with Crippen LogP contribution in [0.4, 0.5) is 0 Å². The highest BCUT2D eigenvalue weighted by molar-refractivity contribution is 5.86. The molecule has 0 radical (unpaired) electrons. The highest BCUT2D eigenvalue weighted by atomic mass is 16.5. The summed E-state index contributed by atoms with van der Waals surface area (Å²) in [5, 5.41) is 0. The van der Waals surface area contributed by atoms with Crippen LogP contribution in [-0.4, -0.2) is 24.5 Å². The van der Waals surface area contributed by atoms with Crippen molar-refractivity contribution in [1.29, 1.82) is 0 Å². The Bertz CT molecular complexity index is 495. The second kappa shape index (κ2) is 3.74. The lowest BCUT2D eigenvalue weighted by molar-refractivity contribution is -0.131. The average molecular weight is 245 g/mol. The third-order valence-electron chi connectivity index (χ3n) is 4.60. The van der Waals surface area contributed by atoms with Crippen molar-refractivity contribution in [2.45, 2.75) is 20.4 Å². The highest BCUT2D eigenvalue weighted by Crippen LogP contribution is 2.62. The maximum Gasteiger partial charge on any atom is 0.226 e. The molecule has 1 amide bonds. The molecule has 2 fully saturated rings. The fourth-order valence-electron chi connectivity index (χ4n) is 3.28. The molecule has 0 bridgehead atoms. The molecule has 2 aliphatic rings. The number of fused-ring (bicyclic) bond motifs is 1. The molecule has 1 heterocycles. The molecule has 1 aromatic carbocycles. The summed E-state index contributed by atoms with van der Waals surface area (Å²) in [6, 6.07) is 7.92. The first-order valence-corrected chi connectivity index (χ1v) is 6.46. The molecule has 1 saturated carbocycles. The molecule has 18 heavy (non-hydrogen) atoms. The number of likely N-dealkylation sites (tertiary alicyclic amines) is 1. The van der Waals surface area contributed by atoms with Gasteiger partial charge in [0.2, 0.25) is 5.91 Å². The predicted octanol–water partition coefficient (Wildman–Crippen LogP) is 2.31. The number of hydrogen-bond acceptors (Lipinski definition) is 2. The zero-order chi connectivity index (χ0) is 12.9. The molecule has 2 atom stereocenters. The average Bonchev–Trinajstić information content (AvgIpc) is 2.70. The van der Waals surface area contributed by atoms with E-state index < -0.39 is 0 Å². The van der Waals surface area contributed by atoms with Crippen molar-refractivity contribution in [2.75, 3.05) is 13.7 Å². The smallest absolute Gasteiger partial charge is 0.226 e. The summed E-state index contributed by atoms with van der Waals surface area (Å²) in [5.41, 5.74) is 1.32. The highest BCUT2D eigenvalue weighted by Gasteiger charge is 2.67. The quantitative estimate of drug-likeness (QED) is 0.818. The van der Waals surface area contributed by atoms with Gasteiger partial charge in [-0.2, -0.15) is 0 Å². The molecule has 3 heteroatoms. The van der Waals surface area contributed by atoms with Crippen molar-refractivity contribution >= 4 is 5.91 Å². The van der Waals surface area contributed by atoms with Gasteiger partial charge in [0.05, 0.1) is 7.11 Å². The lowest BCUT2D eigenvalue weighted by Gasteiger charge is -2.23. The van der Waals surface area contributed by atoms with Crippen molar-refractivity contribution < 1.29 is 9.53 Å². The van der Waals surface area contributed by atoms with Crippen LogP contribution in [0.2, 0.25) is 0 Å². The van der Waals surface area contributed by atoms with Crippen LogP contribution in [0.1, 0.15) is 19.4 Å². The number of para-hydroxylation sites is 1. The molecular formula is C15H19NO2. The maximum absolute atomic E-state index is 12.3. The Morgan fingerprint density at radius 2 is 2.11 bits per heavy atom. The topological polar surface area (TPSA) is 29.5 Å². The first-order valence-electron chi connectivity index (χ1n) is 6.46. The maximum atomic E-state index is 12.3. The largest absolute Gasteiger partial charge is 0.496 e. The monoisotopic (exact) mass is 245 g/mol. The molecule has 1 aliphatic carbocycles. The van der Waals surface area contributed by atoms with Crippen LogP contribution in [0.3, 0.4) is 0 Å². The number of carbonyl (C=O) groups is 1. The van der Waals surface area contributed by atoms with Crippen LogP contribution >= 0.6 is 0 Å². The van der Waals surface area contributed by atoms with E-state index in [9.17, 15) is 4.79 Å². The van der Waals surface area contributed by atoms with Gasteiger partial charge in [-0.25, -0.2) is 0 Å². The Labute approximate surface area is 108 Å². The third-order valence-corrected chi connectivity index (χ3v) is 4.60. The second-order valence-electron chi connectivity index (χ2n) is 5.94. The number of benzene rings is 1. The fourth-order valence-corrected chi connectivity index (χ4v) is 3.28. The van der Waals surface area contributed by atoms with Crippen LogP contribution in [0.25, 0.3) is 0 Å². The van der Waals surface area contributed by atoms with E-state index in [1.54, 1.807) is 7.11 Å². The van der Waals surface area contributed by atoms with Gasteiger partial charge in [-0.3, -0.25) is 4.79 Å². The molecule has 0 N–H and O–H groups in total. The summed E-state index contributed by atoms with van der Waals surface area (Å²) < 4.78 is 5.33. The van der Waals surface area contributed by atoms with Gasteiger partial charge in [-0.05, 0) is 17.4 Å². The molecule has 1 saturated heterocycles. The Hall–Kier alpha value is -1.51. The molecule has 0 aromatic heterocycles. The Morgan fingerprint density at radius 3 is 2.72 bits per heavy atom. The summed E-state index contributed by atoms with van der Waals surface area (Å²) in [7, 11) is 1.67. The number of methoxy groups -OCH3 is 1. The van der Waals surface area contributed by atoms with Crippen LogP contribution < -0.4 is 4.74 Å². The van der Waals surface area contributed by atoms with Gasteiger partial charge >= 0.3 is 0 Å². The Balaban J connectivity index is 1.74. The van der Waals surface area contributed by atoms with E-state index in [1.807, 2.05) is 29.2 Å². The van der Waals surface area contributed by atoms with E-state index in [2.05, 4.69) is 13.8 Å². The second-order valence-corrected chi connectivity index (χ2v) is 5.94. The fraction of sp³-hybridized carbons (Fsp3) is 0.533. The van der Waals surface area contributed by atoms with E-state index in [0.29, 0.717) is 18.4 Å². The van der Waals surface area contributed by atoms with E-state index in [4.69, 9.17) is 4.74 Å². The summed E-state index contributed by atoms with van der Waals surface area (Å²) in [6.07, 6.45) is 0. The molecule has 2 unspecified atom stereocenters. The normalized spacial score (nSPS) is 28.2. The predicted molar refractivity (Wildman–Crippen MR) is 69.2 cm³/mol. The molecule has 3 nitrogen and oxygen atoms in total. The first kappa shape index (κ1) is 11.6. The number of nitrogens with zero attached hydrogens (tertiary/aromatic N) is 1. The molecule has 1 aromatic rings. The van der Waals surface area contributed by atoms with Crippen molar-refractivity contribution in [3.8, 4) is 5.75 Å². The standard InChI is InChI=1S/C15H19NO2/c1-15(2)11-9-16(14(17)13(11)15)8-10-6-4-5-7-12(10)18-3/h4-7,11,13H,8-9H2,1-3H3. The third kappa shape index (κ3) is 1.53. The number of ether oxygens (including phenoxy) is 1. The van der Waals surface area contributed by atoms with Crippen molar-refractivity contribution in [3.63, 3.8) is 0 Å². The van der Waals surface area contributed by atoms with E-state index in [0.717, 1.165) is 17.9 Å². The molecular weight excluding hydrogens is 226 g/mol. The first-order chi connectivity index (χ1) is 8.55. The lowest BCUT2D eigenvalue weighted by atomic mass is 10.1. The van der Waals surface area contributed by atoms with Crippen molar-refractivity contribution in [2.24, 2.45) is 17.3 Å². The van der Waals surface area contributed by atoms with Crippen LogP contribution in [0.15, 0.2) is 24.3 Å². The van der Waals surface area contributed by atoms with Crippen LogP contribution in [0, 0.1) is 17.3 Å². The van der Waals surface area contributed by atoms with E-state index in [-0.39, 0.29) is 11.3 Å². The van der Waals surface area contributed by atoms with Crippen molar-refractivity contribution in [1.82, 2.24) is 4.90 Å². The lowest BCUT2D eigenvalue weighted by Crippen LogP contribution is -2.31. The number of carbonyl (C=O) groups excluding carboxylic acids is 1. The van der Waals surface area contributed by atoms with Gasteiger partial charge in [0.15, 0.2) is 0 Å². The minimum atomic E-state index is 0.231. The number of amides is 1. The molecule has 0 spiro atoms. The summed E-state index contributed by atoms with van der Waals surface area (Å²) in [4.78, 5) is 14.2. The van der Waals surface area contributed by atoms with Gasteiger partial charge < -0.3 is 9.64 Å². The SMILES string of the molecule is COc1ccccc1CN1CC2C(C1=O)C2(C)C. The van der Waals surface area contributed by atoms with Crippen LogP contribution in [-0.2, 0) is 11.3 Å². The van der Waals surface area contributed by atoms with Gasteiger partial charge in [-0.15, -0.1) is 0 Å². The number of hydrogen-bond donors (Lipinski definition) is 0. The minimum absolute atomic E-state index is 0.231. The summed E-state index contributed by atoms with van der Waals surface area (Å²) in [6.45, 7) is 5.96.